The van der Waals surface area contributed by atoms with Crippen LogP contribution in [0.3, 0.4) is 0 Å². The van der Waals surface area contributed by atoms with Crippen molar-refractivity contribution in [2.45, 2.75) is 13.5 Å². The van der Waals surface area contributed by atoms with E-state index in [1.165, 1.54) is 0 Å². The van der Waals surface area contributed by atoms with Crippen LogP contribution in [0.25, 0.3) is 16.5 Å². The third-order valence-corrected chi connectivity index (χ3v) is 4.06. The fraction of sp³-hybridized carbons (Fsp3) is 0.111. The van der Waals surface area contributed by atoms with Crippen LogP contribution in [0.5, 0.6) is 0 Å². The van der Waals surface area contributed by atoms with Crippen LogP contribution >= 0.6 is 0 Å². The molecule has 0 spiro atoms. The van der Waals surface area contributed by atoms with E-state index in [-0.39, 0.29) is 18.0 Å². The Bertz CT molecular complexity index is 1200. The van der Waals surface area contributed by atoms with Crippen molar-refractivity contribution >= 4 is 22.4 Å². The normalized spacial score (nSPS) is 10.9. The maximum Gasteiger partial charge on any atom is 0.275 e. The zero-order valence-corrected chi connectivity index (χ0v) is 14.4. The molecule has 0 saturated heterocycles. The molecule has 2 aromatic carbocycles. The highest BCUT2D eigenvalue weighted by molar-refractivity contribution is 5.91. The first-order valence-corrected chi connectivity index (χ1v) is 8.22. The number of aromatic nitrogens is 6. The number of rotatable bonds is 4. The van der Waals surface area contributed by atoms with Crippen LogP contribution in [0, 0.1) is 6.92 Å². The molecule has 134 valence electrons. The summed E-state index contributed by atoms with van der Waals surface area (Å²) in [5, 5.41) is 19.5. The smallest absolute Gasteiger partial charge is 0.275 e. The molecule has 9 heteroatoms. The van der Waals surface area contributed by atoms with E-state index in [0.29, 0.717) is 16.9 Å². The van der Waals surface area contributed by atoms with Crippen molar-refractivity contribution in [1.82, 2.24) is 30.0 Å². The minimum Gasteiger partial charge on any atom is -0.324 e. The Morgan fingerprint density at radius 1 is 1.15 bits per heavy atom. The predicted molar refractivity (Wildman–Crippen MR) is 98.5 cm³/mol. The van der Waals surface area contributed by atoms with E-state index in [9.17, 15) is 9.59 Å². The number of carbonyl (C=O) groups excluding carboxylic acids is 1. The molecule has 27 heavy (non-hydrogen) atoms. The summed E-state index contributed by atoms with van der Waals surface area (Å²) in [5.41, 5.74) is 0.985. The van der Waals surface area contributed by atoms with Gasteiger partial charge in [-0.25, -0.2) is 4.68 Å². The van der Waals surface area contributed by atoms with Gasteiger partial charge in [-0.2, -0.15) is 9.78 Å². The van der Waals surface area contributed by atoms with Crippen molar-refractivity contribution in [3.05, 3.63) is 70.9 Å². The van der Waals surface area contributed by atoms with Crippen molar-refractivity contribution in [3.8, 4) is 5.69 Å². The number of anilines is 1. The second kappa shape index (κ2) is 6.79. The minimum atomic E-state index is -0.356. The number of hydrogen-bond donors (Lipinski definition) is 1. The van der Waals surface area contributed by atoms with Gasteiger partial charge < -0.3 is 5.32 Å². The van der Waals surface area contributed by atoms with Crippen LogP contribution < -0.4 is 10.9 Å². The lowest BCUT2D eigenvalue weighted by Gasteiger charge is -2.09. The molecule has 2 aromatic heterocycles. The molecule has 0 bridgehead atoms. The van der Waals surface area contributed by atoms with Crippen LogP contribution in [0.2, 0.25) is 0 Å². The van der Waals surface area contributed by atoms with Crippen LogP contribution in [-0.4, -0.2) is 35.9 Å². The maximum atomic E-state index is 12.5. The van der Waals surface area contributed by atoms with Gasteiger partial charge >= 0.3 is 0 Å². The number of carbonyl (C=O) groups is 1. The van der Waals surface area contributed by atoms with Gasteiger partial charge in [-0.3, -0.25) is 9.59 Å². The molecule has 2 heterocycles. The van der Waals surface area contributed by atoms with Crippen molar-refractivity contribution in [3.63, 3.8) is 0 Å². The highest BCUT2D eigenvalue weighted by atomic mass is 16.2. The van der Waals surface area contributed by atoms with Crippen LogP contribution in [0.4, 0.5) is 5.69 Å². The Kier molecular flexibility index (Phi) is 4.17. The number of nitrogens with zero attached hydrogens (tertiary/aromatic N) is 6. The summed E-state index contributed by atoms with van der Waals surface area (Å²) in [7, 11) is 0. The van der Waals surface area contributed by atoms with E-state index in [0.717, 1.165) is 15.8 Å². The van der Waals surface area contributed by atoms with E-state index in [4.69, 9.17) is 0 Å². The van der Waals surface area contributed by atoms with E-state index < -0.39 is 0 Å². The Labute approximate surface area is 153 Å². The van der Waals surface area contributed by atoms with Gasteiger partial charge in [0.25, 0.3) is 5.56 Å². The van der Waals surface area contributed by atoms with E-state index >= 15 is 0 Å². The minimum absolute atomic E-state index is 0.183. The van der Waals surface area contributed by atoms with Gasteiger partial charge in [0.1, 0.15) is 6.54 Å². The van der Waals surface area contributed by atoms with E-state index in [2.05, 4.69) is 25.9 Å². The Morgan fingerprint density at radius 3 is 2.81 bits per heavy atom. The summed E-state index contributed by atoms with van der Waals surface area (Å²) in [5.74, 6) is 0.274. The molecule has 0 aliphatic carbocycles. The quantitative estimate of drug-likeness (QED) is 0.587. The molecule has 1 N–H and O–H groups in total. The molecule has 0 radical (unpaired) electrons. The van der Waals surface area contributed by atoms with Crippen molar-refractivity contribution in [2.24, 2.45) is 0 Å². The highest BCUT2D eigenvalue weighted by Crippen LogP contribution is 2.14. The highest BCUT2D eigenvalue weighted by Gasteiger charge is 2.10. The van der Waals surface area contributed by atoms with Crippen molar-refractivity contribution in [1.29, 1.82) is 0 Å². The number of tetrazole rings is 1. The number of nitrogens with one attached hydrogen (secondary N) is 1. The molecule has 0 aliphatic heterocycles. The Hall–Kier alpha value is -3.88. The second-order valence-corrected chi connectivity index (χ2v) is 5.93. The molecular formula is C18H15N7O2. The van der Waals surface area contributed by atoms with Gasteiger partial charge in [0.15, 0.2) is 5.82 Å². The van der Waals surface area contributed by atoms with Gasteiger partial charge in [-0.1, -0.05) is 24.3 Å². The lowest BCUT2D eigenvalue weighted by molar-refractivity contribution is -0.117. The number of benzene rings is 2. The Balaban J connectivity index is 1.54. The van der Waals surface area contributed by atoms with Crippen LogP contribution in [-0.2, 0) is 11.3 Å². The standard InChI is InChI=1S/C18H15N7O2/c1-12-21-22-23-25(12)15-7-4-6-14(9-15)20-17(26)11-24-18(27)16-8-3-2-5-13(16)10-19-24/h2-10H,11H2,1H3,(H,20,26). The van der Waals surface area contributed by atoms with Gasteiger partial charge in [0.2, 0.25) is 5.91 Å². The molecule has 1 amide bonds. The molecule has 0 unspecified atom stereocenters. The van der Waals surface area contributed by atoms with E-state index in [1.54, 1.807) is 54.2 Å². The average Bonchev–Trinajstić information content (AvgIpc) is 3.10. The first kappa shape index (κ1) is 16.6. The molecule has 4 rings (SSSR count). The lowest BCUT2D eigenvalue weighted by atomic mass is 10.2. The number of aryl methyl sites for hydroxylation is 1. The number of hydrogen-bond acceptors (Lipinski definition) is 6. The van der Waals surface area contributed by atoms with E-state index in [1.807, 2.05) is 12.1 Å². The predicted octanol–water partition coefficient (Wildman–Crippen LogP) is 1.32. The zero-order valence-electron chi connectivity index (χ0n) is 14.4. The number of amides is 1. The fourth-order valence-corrected chi connectivity index (χ4v) is 2.76. The SMILES string of the molecule is Cc1nnnn1-c1cccc(NC(=O)Cn2ncc3ccccc3c2=O)c1. The molecular weight excluding hydrogens is 346 g/mol. The topological polar surface area (TPSA) is 108 Å². The van der Waals surface area contributed by atoms with Gasteiger partial charge in [0, 0.05) is 11.1 Å². The largest absolute Gasteiger partial charge is 0.324 e. The summed E-state index contributed by atoms with van der Waals surface area (Å²) in [4.78, 5) is 24.8. The zero-order chi connectivity index (χ0) is 18.8. The third-order valence-electron chi connectivity index (χ3n) is 4.06. The second-order valence-electron chi connectivity index (χ2n) is 5.93. The number of fused-ring (bicyclic) bond motifs is 1. The molecule has 0 aliphatic rings. The van der Waals surface area contributed by atoms with Crippen LogP contribution in [0.1, 0.15) is 5.82 Å². The molecule has 0 atom stereocenters. The van der Waals surface area contributed by atoms with Gasteiger partial charge in [-0.05, 0) is 41.6 Å². The average molecular weight is 361 g/mol. The van der Waals surface area contributed by atoms with Gasteiger partial charge in [-0.15, -0.1) is 5.10 Å². The molecule has 9 nitrogen and oxygen atoms in total. The third kappa shape index (κ3) is 3.30. The fourth-order valence-electron chi connectivity index (χ4n) is 2.76. The first-order valence-electron chi connectivity index (χ1n) is 8.22. The summed E-state index contributed by atoms with van der Waals surface area (Å²) in [6.45, 7) is 1.60. The summed E-state index contributed by atoms with van der Waals surface area (Å²) in [6, 6.07) is 14.2. The molecule has 0 saturated carbocycles. The van der Waals surface area contributed by atoms with Gasteiger partial charge in [0.05, 0.1) is 17.3 Å². The molecule has 0 fully saturated rings. The maximum absolute atomic E-state index is 12.5. The Morgan fingerprint density at radius 2 is 2.00 bits per heavy atom. The summed E-state index contributed by atoms with van der Waals surface area (Å²) < 4.78 is 2.71. The van der Waals surface area contributed by atoms with Crippen molar-refractivity contribution in [2.75, 3.05) is 5.32 Å². The summed E-state index contributed by atoms with van der Waals surface area (Å²) >= 11 is 0. The van der Waals surface area contributed by atoms with Crippen LogP contribution in [0.15, 0.2) is 59.5 Å². The monoisotopic (exact) mass is 361 g/mol. The molecule has 4 aromatic rings. The lowest BCUT2D eigenvalue weighted by Crippen LogP contribution is -2.29. The first-order chi connectivity index (χ1) is 13.1. The van der Waals surface area contributed by atoms with Crippen molar-refractivity contribution < 1.29 is 4.79 Å². The summed E-state index contributed by atoms with van der Waals surface area (Å²) in [6.07, 6.45) is 1.57.